The van der Waals surface area contributed by atoms with Gasteiger partial charge in [0.25, 0.3) is 5.56 Å². The molecule has 0 unspecified atom stereocenters. The molecule has 0 saturated heterocycles. The summed E-state index contributed by atoms with van der Waals surface area (Å²) in [7, 11) is 0. The Bertz CT molecular complexity index is 1500. The number of nitrogens with zero attached hydrogens (tertiary/aromatic N) is 3. The topological polar surface area (TPSA) is 112 Å². The van der Waals surface area contributed by atoms with Crippen LogP contribution in [0.25, 0.3) is 5.69 Å². The lowest BCUT2D eigenvalue weighted by molar-refractivity contribution is 0.242. The first-order chi connectivity index (χ1) is 18.4. The number of benzene rings is 1. The summed E-state index contributed by atoms with van der Waals surface area (Å²) in [6.07, 6.45) is 8.06. The van der Waals surface area contributed by atoms with Crippen molar-refractivity contribution in [2.75, 3.05) is 0 Å². The summed E-state index contributed by atoms with van der Waals surface area (Å²) in [6.45, 7) is 9.47. The Kier molecular flexibility index (Phi) is 8.81. The Balaban J connectivity index is 0.000000186. The molecule has 1 aromatic carbocycles. The Morgan fingerprint density at radius 1 is 1.03 bits per heavy atom. The Labute approximate surface area is 237 Å². The fourth-order valence-electron chi connectivity index (χ4n) is 4.97. The van der Waals surface area contributed by atoms with Crippen LogP contribution in [0.15, 0.2) is 30.9 Å². The number of rotatable bonds is 4. The zero-order valence-electron chi connectivity index (χ0n) is 23.1. The predicted molar refractivity (Wildman–Crippen MR) is 152 cm³/mol. The van der Waals surface area contributed by atoms with Crippen molar-refractivity contribution in [3.63, 3.8) is 0 Å². The number of fused-ring (bicyclic) bond motifs is 1. The fourth-order valence-corrected chi connectivity index (χ4v) is 5.48. The van der Waals surface area contributed by atoms with Crippen LogP contribution in [0.2, 0.25) is 10.0 Å². The highest BCUT2D eigenvalue weighted by Crippen LogP contribution is 2.33. The molecule has 0 radical (unpaired) electrons. The Hall–Kier alpha value is -2.78. The third kappa shape index (κ3) is 6.52. The van der Waals surface area contributed by atoms with Crippen LogP contribution < -0.4 is 21.7 Å². The summed E-state index contributed by atoms with van der Waals surface area (Å²) in [5.74, 6) is 0.155. The maximum absolute atomic E-state index is 12.3. The van der Waals surface area contributed by atoms with Gasteiger partial charge >= 0.3 is 11.4 Å². The van der Waals surface area contributed by atoms with Gasteiger partial charge in [0.15, 0.2) is 0 Å². The molecule has 1 fully saturated rings. The van der Waals surface area contributed by atoms with E-state index < -0.39 is 5.76 Å². The molecular weight excluding hydrogens is 543 g/mol. The first-order valence-corrected chi connectivity index (χ1v) is 14.3. The molecular formula is C28H36Cl2N4O5. The van der Waals surface area contributed by atoms with E-state index in [2.05, 4.69) is 10.1 Å². The third-order valence-corrected chi connectivity index (χ3v) is 7.49. The van der Waals surface area contributed by atoms with E-state index in [0.29, 0.717) is 22.4 Å². The van der Waals surface area contributed by atoms with Gasteiger partial charge in [0, 0.05) is 28.8 Å². The summed E-state index contributed by atoms with van der Waals surface area (Å²) in [4.78, 5) is 39.3. The number of halogens is 2. The summed E-state index contributed by atoms with van der Waals surface area (Å²) in [5.41, 5.74) is 1.50. The summed E-state index contributed by atoms with van der Waals surface area (Å²) in [6, 6.07) is 3.24. The first kappa shape index (κ1) is 29.2. The van der Waals surface area contributed by atoms with Crippen LogP contribution in [0.4, 0.5) is 0 Å². The normalized spacial score (nSPS) is 15.7. The standard InChI is InChI=1S/C15H18Cl2N2O3.C13H18N2O2/c1-8(2)21-12-7-11(9(16)6-10(12)17)19-14(20)22-13(18-19)15(3,4)5;16-12-10-7-4-8-11(10)14-13(17)15(12)9-5-2-1-3-6-9/h6-8H,1-5H3;9H,1-8H2,(H,14,17). The molecule has 9 nitrogen and oxygen atoms in total. The second kappa shape index (κ2) is 11.8. The molecule has 2 heterocycles. The molecule has 2 aliphatic carbocycles. The van der Waals surface area contributed by atoms with E-state index in [0.717, 1.165) is 60.9 Å². The molecule has 0 bridgehead atoms. The molecule has 0 amide bonds. The van der Waals surface area contributed by atoms with Gasteiger partial charge in [0.2, 0.25) is 5.89 Å². The number of H-pyrrole nitrogens is 1. The maximum atomic E-state index is 12.3. The number of hydrogen-bond donors (Lipinski definition) is 1. The van der Waals surface area contributed by atoms with E-state index in [-0.39, 0.29) is 33.8 Å². The van der Waals surface area contributed by atoms with Crippen molar-refractivity contribution in [1.29, 1.82) is 0 Å². The molecule has 11 heteroatoms. The SMILES string of the molecule is CC(C)Oc1cc(-n2nc(C(C)(C)C)oc2=O)c(Cl)cc1Cl.O=c1[nH]c2c(c(=O)n1C1CCCCC1)CCC2. The van der Waals surface area contributed by atoms with Gasteiger partial charge in [-0.3, -0.25) is 9.36 Å². The molecule has 39 heavy (non-hydrogen) atoms. The predicted octanol–water partition coefficient (Wildman–Crippen LogP) is 5.75. The highest BCUT2D eigenvalue weighted by atomic mass is 35.5. The molecule has 0 aliphatic heterocycles. The number of hydrogen-bond acceptors (Lipinski definition) is 6. The van der Waals surface area contributed by atoms with Crippen LogP contribution in [0.1, 0.15) is 96.3 Å². The Morgan fingerprint density at radius 3 is 2.33 bits per heavy atom. The number of aromatic nitrogens is 4. The number of aromatic amines is 1. The highest BCUT2D eigenvalue weighted by molar-refractivity contribution is 6.36. The second-order valence-electron chi connectivity index (χ2n) is 11.4. The number of ether oxygens (including phenoxy) is 1. The zero-order chi connectivity index (χ0) is 28.5. The average molecular weight is 580 g/mol. The van der Waals surface area contributed by atoms with Crippen molar-refractivity contribution < 1.29 is 9.15 Å². The molecule has 0 spiro atoms. The van der Waals surface area contributed by atoms with Crippen molar-refractivity contribution in [3.05, 3.63) is 70.7 Å². The molecule has 2 aliphatic rings. The summed E-state index contributed by atoms with van der Waals surface area (Å²) >= 11 is 12.3. The van der Waals surface area contributed by atoms with Crippen molar-refractivity contribution in [1.82, 2.24) is 19.3 Å². The minimum Gasteiger partial charge on any atom is -0.489 e. The van der Waals surface area contributed by atoms with Crippen LogP contribution in [0.5, 0.6) is 5.75 Å². The lowest BCUT2D eigenvalue weighted by Crippen LogP contribution is -2.40. The molecule has 5 rings (SSSR count). The largest absolute Gasteiger partial charge is 0.489 e. The molecule has 212 valence electrons. The van der Waals surface area contributed by atoms with E-state index in [1.165, 1.54) is 17.1 Å². The zero-order valence-corrected chi connectivity index (χ0v) is 24.6. The molecule has 3 aromatic rings. The van der Waals surface area contributed by atoms with Crippen LogP contribution >= 0.6 is 23.2 Å². The minimum absolute atomic E-state index is 0.0202. The maximum Gasteiger partial charge on any atom is 0.442 e. The highest BCUT2D eigenvalue weighted by Gasteiger charge is 2.25. The average Bonchev–Trinajstić information content (AvgIpc) is 3.48. The van der Waals surface area contributed by atoms with E-state index in [4.69, 9.17) is 32.4 Å². The van der Waals surface area contributed by atoms with Crippen LogP contribution in [-0.2, 0) is 18.3 Å². The monoisotopic (exact) mass is 578 g/mol. The smallest absolute Gasteiger partial charge is 0.442 e. The quantitative estimate of drug-likeness (QED) is 0.422. The van der Waals surface area contributed by atoms with E-state index in [9.17, 15) is 14.4 Å². The van der Waals surface area contributed by atoms with Gasteiger partial charge in [-0.15, -0.1) is 5.10 Å². The summed E-state index contributed by atoms with van der Waals surface area (Å²) in [5, 5.41) is 4.88. The van der Waals surface area contributed by atoms with Crippen molar-refractivity contribution in [3.8, 4) is 11.4 Å². The Morgan fingerprint density at radius 2 is 1.72 bits per heavy atom. The van der Waals surface area contributed by atoms with Gasteiger partial charge < -0.3 is 14.1 Å². The molecule has 2 aromatic heterocycles. The van der Waals surface area contributed by atoms with Crippen molar-refractivity contribution >= 4 is 23.2 Å². The van der Waals surface area contributed by atoms with Gasteiger partial charge in [0.05, 0.1) is 21.8 Å². The van der Waals surface area contributed by atoms with Gasteiger partial charge in [-0.1, -0.05) is 63.2 Å². The van der Waals surface area contributed by atoms with Gasteiger partial charge in [-0.25, -0.2) is 9.59 Å². The van der Waals surface area contributed by atoms with E-state index in [1.807, 2.05) is 34.6 Å². The summed E-state index contributed by atoms with van der Waals surface area (Å²) < 4.78 is 13.4. The van der Waals surface area contributed by atoms with Gasteiger partial charge in [-0.2, -0.15) is 4.68 Å². The van der Waals surface area contributed by atoms with Crippen LogP contribution in [-0.4, -0.2) is 25.4 Å². The van der Waals surface area contributed by atoms with Gasteiger partial charge in [-0.05, 0) is 52.0 Å². The fraction of sp³-hybridized carbons (Fsp3) is 0.571. The minimum atomic E-state index is -0.607. The molecule has 1 saturated carbocycles. The second-order valence-corrected chi connectivity index (χ2v) is 12.3. The van der Waals surface area contributed by atoms with Crippen LogP contribution in [0.3, 0.4) is 0 Å². The van der Waals surface area contributed by atoms with E-state index >= 15 is 0 Å². The molecule has 1 N–H and O–H groups in total. The lowest BCUT2D eigenvalue weighted by atomic mass is 9.95. The van der Waals surface area contributed by atoms with E-state index in [1.54, 1.807) is 6.07 Å². The third-order valence-electron chi connectivity index (χ3n) is 6.89. The lowest BCUT2D eigenvalue weighted by Gasteiger charge is -2.23. The van der Waals surface area contributed by atoms with Gasteiger partial charge in [0.1, 0.15) is 5.75 Å². The van der Waals surface area contributed by atoms with Crippen molar-refractivity contribution in [2.24, 2.45) is 0 Å². The first-order valence-electron chi connectivity index (χ1n) is 13.5. The number of nitrogens with one attached hydrogen (secondary N) is 1. The molecule has 0 atom stereocenters. The van der Waals surface area contributed by atoms with Crippen molar-refractivity contribution in [2.45, 2.75) is 104 Å². The number of aryl methyl sites for hydroxylation is 1. The van der Waals surface area contributed by atoms with Crippen LogP contribution in [0, 0.1) is 0 Å².